The van der Waals surface area contributed by atoms with Gasteiger partial charge in [0.15, 0.2) is 0 Å². The summed E-state index contributed by atoms with van der Waals surface area (Å²) in [5, 5.41) is 0. The molecule has 0 heterocycles. The monoisotopic (exact) mass is 176 g/mol. The fourth-order valence-corrected chi connectivity index (χ4v) is 1.67. The van der Waals surface area contributed by atoms with Crippen molar-refractivity contribution in [2.75, 3.05) is 0 Å². The van der Waals surface area contributed by atoms with Gasteiger partial charge in [0, 0.05) is 0 Å². The van der Waals surface area contributed by atoms with Crippen LogP contribution in [-0.2, 0) is 0 Å². The Morgan fingerprint density at radius 2 is 2.00 bits per heavy atom. The fraction of sp³-hybridized carbons (Fsp3) is 0.667. The van der Waals surface area contributed by atoms with E-state index in [0.717, 1.165) is 19.3 Å². The van der Waals surface area contributed by atoms with Crippen molar-refractivity contribution in [1.82, 2.24) is 0 Å². The van der Waals surface area contributed by atoms with Crippen molar-refractivity contribution in [3.05, 3.63) is 23.3 Å². The number of hydrogen-bond donors (Lipinski definition) is 0. The molecule has 68 valence electrons. The van der Waals surface area contributed by atoms with Crippen molar-refractivity contribution >= 4 is 0 Å². The van der Waals surface area contributed by atoms with Gasteiger partial charge < -0.3 is 23.3 Å². The molecule has 1 aliphatic rings. The van der Waals surface area contributed by atoms with Gasteiger partial charge in [0.05, 0.1) is 0 Å². The Kier molecular flexibility index (Phi) is 12.4. The van der Waals surface area contributed by atoms with Crippen LogP contribution in [0.5, 0.6) is 0 Å². The molecule has 0 unspecified atom stereocenters. The number of rotatable bonds is 3. The van der Waals surface area contributed by atoms with Crippen molar-refractivity contribution in [2.45, 2.75) is 52.4 Å². The Labute approximate surface area is 113 Å². The first-order valence-electron chi connectivity index (χ1n) is 5.08. The van der Waals surface area contributed by atoms with E-state index in [2.05, 4.69) is 26.0 Å². The predicted octanol–water partition coefficient (Wildman–Crippen LogP) is -2.15. The van der Waals surface area contributed by atoms with Crippen LogP contribution in [0.1, 0.15) is 52.4 Å². The van der Waals surface area contributed by atoms with E-state index in [-0.39, 0.29) is 37.7 Å². The second-order valence-corrected chi connectivity index (χ2v) is 3.22. The van der Waals surface area contributed by atoms with Crippen LogP contribution in [0.25, 0.3) is 0 Å². The Bertz CT molecular complexity index is 186. The largest absolute Gasteiger partial charge is 1.00 e. The van der Waals surface area contributed by atoms with Crippen molar-refractivity contribution in [3.63, 3.8) is 0 Å². The van der Waals surface area contributed by atoms with Gasteiger partial charge in [0.2, 0.25) is 0 Å². The van der Waals surface area contributed by atoms with Crippen molar-refractivity contribution < 1.29 is 37.7 Å². The summed E-state index contributed by atoms with van der Waals surface area (Å²) in [7, 11) is 0. The SMILES string of the molecule is CC[C-]=C(CC)C1=[C-]CCCC1.[Li+].[Li+]. The van der Waals surface area contributed by atoms with Crippen LogP contribution in [-0.4, -0.2) is 0 Å². The first-order valence-corrected chi connectivity index (χ1v) is 5.08. The van der Waals surface area contributed by atoms with Crippen LogP contribution in [0, 0.1) is 12.2 Å². The zero-order valence-electron chi connectivity index (χ0n) is 10.2. The van der Waals surface area contributed by atoms with E-state index in [9.17, 15) is 0 Å². The molecular weight excluding hydrogens is 158 g/mol. The summed E-state index contributed by atoms with van der Waals surface area (Å²) < 4.78 is 0. The molecule has 0 aliphatic heterocycles. The van der Waals surface area contributed by atoms with Gasteiger partial charge >= 0.3 is 37.7 Å². The molecule has 1 aliphatic carbocycles. The van der Waals surface area contributed by atoms with Crippen LogP contribution < -0.4 is 37.7 Å². The van der Waals surface area contributed by atoms with Gasteiger partial charge in [0.1, 0.15) is 0 Å². The zero-order chi connectivity index (χ0) is 8.81. The normalized spacial score (nSPS) is 16.4. The van der Waals surface area contributed by atoms with Crippen LogP contribution in [0.2, 0.25) is 0 Å². The standard InChI is InChI=1S/C12H18.2Li/c1-3-8-11(4-2)12-9-6-5-7-10-12;;/h3-7,9H2,1-2H3;;/q-2;2*+1. The molecule has 0 aromatic heterocycles. The molecule has 14 heavy (non-hydrogen) atoms. The summed E-state index contributed by atoms with van der Waals surface area (Å²) in [6.07, 6.45) is 14.1. The minimum Gasteiger partial charge on any atom is -0.373 e. The molecular formula is C12H18Li2. The maximum Gasteiger partial charge on any atom is 1.00 e. The second-order valence-electron chi connectivity index (χ2n) is 3.22. The molecule has 0 fully saturated rings. The topological polar surface area (TPSA) is 0 Å². The van der Waals surface area contributed by atoms with Gasteiger partial charge in [-0.25, -0.2) is 0 Å². The molecule has 2 heteroatoms. The molecule has 0 aromatic rings. The second kappa shape index (κ2) is 10.2. The van der Waals surface area contributed by atoms with E-state index in [1.165, 1.54) is 30.4 Å². The summed E-state index contributed by atoms with van der Waals surface area (Å²) in [5.41, 5.74) is 2.86. The van der Waals surface area contributed by atoms with E-state index in [4.69, 9.17) is 0 Å². The van der Waals surface area contributed by atoms with Gasteiger partial charge in [-0.1, -0.05) is 26.7 Å². The third-order valence-corrected chi connectivity index (χ3v) is 2.30. The summed E-state index contributed by atoms with van der Waals surface area (Å²) >= 11 is 0. The van der Waals surface area contributed by atoms with Gasteiger partial charge in [-0.2, -0.15) is 0 Å². The Morgan fingerprint density at radius 3 is 2.43 bits per heavy atom. The molecule has 0 spiro atoms. The van der Waals surface area contributed by atoms with E-state index in [1.807, 2.05) is 0 Å². The number of hydrogen-bond acceptors (Lipinski definition) is 0. The first-order chi connectivity index (χ1) is 5.88. The molecule has 0 bridgehead atoms. The minimum atomic E-state index is 0. The van der Waals surface area contributed by atoms with E-state index in [1.54, 1.807) is 0 Å². The Hall–Kier alpha value is 0.675. The Balaban J connectivity index is 0. The summed E-state index contributed by atoms with van der Waals surface area (Å²) in [5.74, 6) is 0. The van der Waals surface area contributed by atoms with Gasteiger partial charge in [-0.15, -0.1) is 25.7 Å². The molecule has 0 nitrogen and oxygen atoms in total. The first kappa shape index (κ1) is 17.1. The van der Waals surface area contributed by atoms with Crippen LogP contribution in [0.3, 0.4) is 0 Å². The predicted molar refractivity (Wildman–Crippen MR) is 52.6 cm³/mol. The van der Waals surface area contributed by atoms with Gasteiger partial charge in [-0.3, -0.25) is 0 Å². The van der Waals surface area contributed by atoms with Crippen molar-refractivity contribution in [2.24, 2.45) is 0 Å². The average molecular weight is 176 g/mol. The molecule has 0 amide bonds. The van der Waals surface area contributed by atoms with Crippen molar-refractivity contribution in [1.29, 1.82) is 0 Å². The molecule has 0 radical (unpaired) electrons. The quantitative estimate of drug-likeness (QED) is 0.340. The molecule has 0 N–H and O–H groups in total. The molecule has 1 rings (SSSR count). The van der Waals surface area contributed by atoms with E-state index in [0.29, 0.717) is 0 Å². The van der Waals surface area contributed by atoms with Crippen LogP contribution >= 0.6 is 0 Å². The summed E-state index contributed by atoms with van der Waals surface area (Å²) in [6, 6.07) is 0. The van der Waals surface area contributed by atoms with E-state index >= 15 is 0 Å². The zero-order valence-corrected chi connectivity index (χ0v) is 10.2. The van der Waals surface area contributed by atoms with Crippen LogP contribution in [0.15, 0.2) is 11.1 Å². The van der Waals surface area contributed by atoms with Crippen LogP contribution in [0.4, 0.5) is 0 Å². The maximum atomic E-state index is 3.47. The minimum absolute atomic E-state index is 0. The summed E-state index contributed by atoms with van der Waals surface area (Å²) in [6.45, 7) is 4.36. The molecule has 0 saturated carbocycles. The van der Waals surface area contributed by atoms with Gasteiger partial charge in [0.25, 0.3) is 0 Å². The molecule has 0 saturated heterocycles. The maximum absolute atomic E-state index is 3.47. The number of allylic oxidation sites excluding steroid dienone is 4. The van der Waals surface area contributed by atoms with E-state index < -0.39 is 0 Å². The summed E-state index contributed by atoms with van der Waals surface area (Å²) in [4.78, 5) is 0. The third-order valence-electron chi connectivity index (χ3n) is 2.30. The fourth-order valence-electron chi connectivity index (χ4n) is 1.67. The Morgan fingerprint density at radius 1 is 1.29 bits per heavy atom. The molecule has 0 atom stereocenters. The van der Waals surface area contributed by atoms with Gasteiger partial charge in [-0.05, 0) is 0 Å². The third kappa shape index (κ3) is 5.53. The molecule has 0 aromatic carbocycles. The smallest absolute Gasteiger partial charge is 0.373 e. The average Bonchev–Trinajstić information content (AvgIpc) is 2.15. The van der Waals surface area contributed by atoms with Crippen molar-refractivity contribution in [3.8, 4) is 0 Å².